The third-order valence-corrected chi connectivity index (χ3v) is 3.37. The number of rotatable bonds is 2. The van der Waals surface area contributed by atoms with Crippen LogP contribution in [0.25, 0.3) is 11.3 Å². The average molecular weight is 272 g/mol. The quantitative estimate of drug-likeness (QED) is 0.903. The first kappa shape index (κ1) is 12.4. The molecule has 0 unspecified atom stereocenters. The molecule has 0 atom stereocenters. The highest BCUT2D eigenvalue weighted by atomic mass is 16.5. The van der Waals surface area contributed by atoms with E-state index in [0.717, 1.165) is 17.7 Å². The van der Waals surface area contributed by atoms with Crippen LogP contribution in [0, 0.1) is 0 Å². The third-order valence-electron chi connectivity index (χ3n) is 3.37. The van der Waals surface area contributed by atoms with E-state index in [0.29, 0.717) is 17.9 Å². The molecule has 1 aliphatic heterocycles. The summed E-state index contributed by atoms with van der Waals surface area (Å²) in [7, 11) is 0. The van der Waals surface area contributed by atoms with Crippen LogP contribution in [-0.4, -0.2) is 28.7 Å². The Morgan fingerprint density at radius 3 is 2.80 bits per heavy atom. The van der Waals surface area contributed by atoms with Crippen LogP contribution in [0.5, 0.6) is 0 Å². The molecule has 6 nitrogen and oxygen atoms in total. The van der Waals surface area contributed by atoms with Crippen LogP contribution in [0.1, 0.15) is 23.0 Å². The Bertz CT molecular complexity index is 705. The molecule has 0 saturated heterocycles. The van der Waals surface area contributed by atoms with Crippen molar-refractivity contribution >= 4 is 17.6 Å². The highest BCUT2D eigenvalue weighted by molar-refractivity contribution is 5.94. The van der Waals surface area contributed by atoms with Crippen molar-refractivity contribution in [2.45, 2.75) is 13.3 Å². The summed E-state index contributed by atoms with van der Waals surface area (Å²) in [5.74, 6) is -0.767. The highest BCUT2D eigenvalue weighted by Gasteiger charge is 2.23. The second kappa shape index (κ2) is 4.48. The summed E-state index contributed by atoms with van der Waals surface area (Å²) in [6.07, 6.45) is 0.825. The van der Waals surface area contributed by atoms with Crippen LogP contribution in [0.4, 0.5) is 5.69 Å². The number of hydrogen-bond acceptors (Lipinski definition) is 4. The highest BCUT2D eigenvalue weighted by Crippen LogP contribution is 2.33. The van der Waals surface area contributed by atoms with Crippen molar-refractivity contribution < 1.29 is 19.2 Å². The van der Waals surface area contributed by atoms with Crippen molar-refractivity contribution in [3.8, 4) is 11.3 Å². The van der Waals surface area contributed by atoms with E-state index < -0.39 is 5.97 Å². The monoisotopic (exact) mass is 272 g/mol. The average Bonchev–Trinajstić information content (AvgIpc) is 3.04. The number of carbonyl (C=O) groups is 2. The van der Waals surface area contributed by atoms with E-state index in [1.807, 2.05) is 18.2 Å². The molecule has 2 heterocycles. The number of fused-ring (bicyclic) bond motifs is 1. The molecule has 2 aromatic rings. The van der Waals surface area contributed by atoms with E-state index in [9.17, 15) is 9.59 Å². The largest absolute Gasteiger partial charge is 0.476 e. The minimum absolute atomic E-state index is 0.00954. The van der Waals surface area contributed by atoms with Crippen LogP contribution >= 0.6 is 0 Å². The fourth-order valence-corrected chi connectivity index (χ4v) is 2.37. The second-order valence-corrected chi connectivity index (χ2v) is 4.65. The van der Waals surface area contributed by atoms with E-state index >= 15 is 0 Å². The van der Waals surface area contributed by atoms with Gasteiger partial charge >= 0.3 is 5.97 Å². The van der Waals surface area contributed by atoms with Crippen LogP contribution in [0.3, 0.4) is 0 Å². The van der Waals surface area contributed by atoms with Crippen molar-refractivity contribution in [3.05, 3.63) is 35.5 Å². The lowest BCUT2D eigenvalue weighted by atomic mass is 10.1. The number of aromatic nitrogens is 1. The van der Waals surface area contributed by atoms with Gasteiger partial charge < -0.3 is 14.5 Å². The van der Waals surface area contributed by atoms with Crippen LogP contribution in [0.15, 0.2) is 28.8 Å². The molecule has 0 bridgehead atoms. The summed E-state index contributed by atoms with van der Waals surface area (Å²) in [6.45, 7) is 2.20. The van der Waals surface area contributed by atoms with Crippen molar-refractivity contribution in [2.24, 2.45) is 0 Å². The Hall–Kier alpha value is -2.63. The predicted octanol–water partition coefficient (Wildman–Crippen LogP) is 1.95. The summed E-state index contributed by atoms with van der Waals surface area (Å²) in [4.78, 5) is 24.1. The van der Waals surface area contributed by atoms with Crippen LogP contribution < -0.4 is 4.90 Å². The minimum Gasteiger partial charge on any atom is -0.476 e. The van der Waals surface area contributed by atoms with Gasteiger partial charge in [0.1, 0.15) is 0 Å². The van der Waals surface area contributed by atoms with Gasteiger partial charge in [0.2, 0.25) is 5.91 Å². The first-order chi connectivity index (χ1) is 9.56. The van der Waals surface area contributed by atoms with Crippen LogP contribution in [0.2, 0.25) is 0 Å². The maximum Gasteiger partial charge on any atom is 0.358 e. The van der Waals surface area contributed by atoms with Crippen molar-refractivity contribution in [2.75, 3.05) is 11.4 Å². The van der Waals surface area contributed by atoms with Gasteiger partial charge in [0.15, 0.2) is 11.5 Å². The van der Waals surface area contributed by atoms with Gasteiger partial charge in [-0.05, 0) is 18.1 Å². The minimum atomic E-state index is -1.13. The number of carboxylic acids is 1. The number of nitrogens with zero attached hydrogens (tertiary/aromatic N) is 2. The zero-order chi connectivity index (χ0) is 14.3. The summed E-state index contributed by atoms with van der Waals surface area (Å²) in [5, 5.41) is 12.3. The van der Waals surface area contributed by atoms with E-state index in [1.54, 1.807) is 4.90 Å². The molecule has 1 aromatic carbocycles. The number of benzene rings is 1. The van der Waals surface area contributed by atoms with E-state index in [4.69, 9.17) is 9.63 Å². The van der Waals surface area contributed by atoms with Crippen molar-refractivity contribution in [1.29, 1.82) is 0 Å². The Morgan fingerprint density at radius 1 is 1.35 bits per heavy atom. The molecule has 1 N–H and O–H groups in total. The molecule has 1 amide bonds. The lowest BCUT2D eigenvalue weighted by molar-refractivity contribution is -0.116. The summed E-state index contributed by atoms with van der Waals surface area (Å²) < 4.78 is 5.03. The molecule has 102 valence electrons. The van der Waals surface area contributed by atoms with Gasteiger partial charge in [-0.2, -0.15) is 0 Å². The molecule has 3 rings (SSSR count). The number of amides is 1. The maximum atomic E-state index is 11.6. The molecular formula is C14H12N2O4. The lowest BCUT2D eigenvalue weighted by Gasteiger charge is -2.15. The fourth-order valence-electron chi connectivity index (χ4n) is 2.37. The van der Waals surface area contributed by atoms with E-state index in [-0.39, 0.29) is 11.6 Å². The Labute approximate surface area is 114 Å². The molecule has 0 fully saturated rings. The molecule has 0 spiro atoms. The zero-order valence-corrected chi connectivity index (χ0v) is 10.8. The fraction of sp³-hybridized carbons (Fsp3) is 0.214. The van der Waals surface area contributed by atoms with Gasteiger partial charge in [-0.15, -0.1) is 0 Å². The molecular weight excluding hydrogens is 260 g/mol. The molecule has 1 aliphatic rings. The lowest BCUT2D eigenvalue weighted by Crippen LogP contribution is -2.25. The normalized spacial score (nSPS) is 13.3. The zero-order valence-electron chi connectivity index (χ0n) is 10.8. The first-order valence-corrected chi connectivity index (χ1v) is 6.17. The Morgan fingerprint density at radius 2 is 2.15 bits per heavy atom. The van der Waals surface area contributed by atoms with Crippen molar-refractivity contribution in [1.82, 2.24) is 5.16 Å². The Kier molecular flexibility index (Phi) is 2.78. The van der Waals surface area contributed by atoms with Crippen LogP contribution in [-0.2, 0) is 11.2 Å². The number of aromatic carboxylic acids is 1. The van der Waals surface area contributed by atoms with Gasteiger partial charge in [-0.25, -0.2) is 4.79 Å². The SMILES string of the molecule is CC(=O)N1CCc2ccc(-c3cc(C(=O)O)no3)cc21. The maximum absolute atomic E-state index is 11.6. The third kappa shape index (κ3) is 1.95. The van der Waals surface area contributed by atoms with Gasteiger partial charge in [0, 0.05) is 30.8 Å². The van der Waals surface area contributed by atoms with E-state index in [1.165, 1.54) is 13.0 Å². The number of anilines is 1. The first-order valence-electron chi connectivity index (χ1n) is 6.17. The molecule has 1 aromatic heterocycles. The second-order valence-electron chi connectivity index (χ2n) is 4.65. The summed E-state index contributed by atoms with van der Waals surface area (Å²) >= 11 is 0. The molecule has 0 saturated carbocycles. The molecule has 6 heteroatoms. The predicted molar refractivity (Wildman–Crippen MR) is 70.6 cm³/mol. The van der Waals surface area contributed by atoms with Crippen molar-refractivity contribution in [3.63, 3.8) is 0 Å². The number of hydrogen-bond donors (Lipinski definition) is 1. The molecule has 0 aliphatic carbocycles. The van der Waals surface area contributed by atoms with E-state index in [2.05, 4.69) is 5.16 Å². The Balaban J connectivity index is 2.01. The smallest absolute Gasteiger partial charge is 0.358 e. The number of carbonyl (C=O) groups excluding carboxylic acids is 1. The van der Waals surface area contributed by atoms with Gasteiger partial charge in [-0.1, -0.05) is 17.3 Å². The topological polar surface area (TPSA) is 83.6 Å². The summed E-state index contributed by atoms with van der Waals surface area (Å²) in [6, 6.07) is 6.97. The molecule has 0 radical (unpaired) electrons. The van der Waals surface area contributed by atoms with Gasteiger partial charge in [-0.3, -0.25) is 4.79 Å². The summed E-state index contributed by atoms with van der Waals surface area (Å²) in [5.41, 5.74) is 2.52. The number of carboxylic acid groups (broad SMARTS) is 1. The standard InChI is InChI=1S/C14H12N2O4/c1-8(17)16-5-4-9-2-3-10(6-12(9)16)13-7-11(14(18)19)15-20-13/h2-3,6-7H,4-5H2,1H3,(H,18,19). The molecule has 20 heavy (non-hydrogen) atoms. The van der Waals surface area contributed by atoms with Gasteiger partial charge in [0.05, 0.1) is 0 Å². The van der Waals surface area contributed by atoms with Gasteiger partial charge in [0.25, 0.3) is 0 Å².